The summed E-state index contributed by atoms with van der Waals surface area (Å²) in [6.07, 6.45) is 1.94. The number of benzene rings is 2. The topological polar surface area (TPSA) is 74.2 Å². The predicted molar refractivity (Wildman–Crippen MR) is 121 cm³/mol. The smallest absolute Gasteiger partial charge is 0.315 e. The van der Waals surface area contributed by atoms with E-state index in [2.05, 4.69) is 4.99 Å². The van der Waals surface area contributed by atoms with E-state index in [0.717, 1.165) is 29.7 Å². The van der Waals surface area contributed by atoms with Gasteiger partial charge in [-0.05, 0) is 31.4 Å². The van der Waals surface area contributed by atoms with E-state index in [1.165, 1.54) is 0 Å². The van der Waals surface area contributed by atoms with Gasteiger partial charge in [-0.3, -0.25) is 14.6 Å². The number of nitrogens with zero attached hydrogens (tertiary/aromatic N) is 1. The molecule has 6 heteroatoms. The number of aliphatic imine (C=N–C) groups is 1. The Kier molecular flexibility index (Phi) is 6.40. The first-order valence-electron chi connectivity index (χ1n) is 10.8. The van der Waals surface area contributed by atoms with Crippen LogP contribution < -0.4 is 9.47 Å². The fourth-order valence-electron chi connectivity index (χ4n) is 4.54. The molecule has 1 heterocycles. The van der Waals surface area contributed by atoms with E-state index in [9.17, 15) is 9.59 Å². The minimum Gasteiger partial charge on any atom is -0.497 e. The zero-order valence-corrected chi connectivity index (χ0v) is 18.6. The second-order valence-corrected chi connectivity index (χ2v) is 8.05. The molecule has 0 bridgehead atoms. The number of hydrogen-bond donors (Lipinski definition) is 0. The summed E-state index contributed by atoms with van der Waals surface area (Å²) in [7, 11) is 3.16. The third kappa shape index (κ3) is 4.17. The minimum absolute atomic E-state index is 0.0335. The maximum absolute atomic E-state index is 13.4. The molecule has 4 rings (SSSR count). The Hall–Kier alpha value is -3.41. The summed E-state index contributed by atoms with van der Waals surface area (Å²) in [5, 5.41) is 0. The molecular formula is C26H27NO5. The number of methoxy groups -OCH3 is 2. The molecule has 0 saturated heterocycles. The molecule has 2 aromatic rings. The van der Waals surface area contributed by atoms with Crippen molar-refractivity contribution in [3.05, 3.63) is 70.9 Å². The molecule has 2 aliphatic rings. The number of rotatable bonds is 6. The second-order valence-electron chi connectivity index (χ2n) is 8.05. The molecule has 1 unspecified atom stereocenters. The third-order valence-corrected chi connectivity index (χ3v) is 6.09. The van der Waals surface area contributed by atoms with Gasteiger partial charge in [-0.25, -0.2) is 0 Å². The SMILES string of the molecule is COc1ccc([C@H]2C3=C(CCCC3=O)N=C(C)C2C(=O)OCc2ccccc2)c(OC)c1. The summed E-state index contributed by atoms with van der Waals surface area (Å²) in [6, 6.07) is 15.0. The first-order chi connectivity index (χ1) is 15.5. The highest BCUT2D eigenvalue weighted by atomic mass is 16.5. The lowest BCUT2D eigenvalue weighted by Crippen LogP contribution is -2.37. The number of ether oxygens (including phenoxy) is 3. The predicted octanol–water partition coefficient (Wildman–Crippen LogP) is 4.63. The van der Waals surface area contributed by atoms with Crippen LogP contribution in [0.4, 0.5) is 0 Å². The van der Waals surface area contributed by atoms with Gasteiger partial charge in [0, 0.05) is 41.0 Å². The molecule has 2 aromatic carbocycles. The molecule has 0 radical (unpaired) electrons. The number of allylic oxidation sites excluding steroid dienone is 2. The van der Waals surface area contributed by atoms with E-state index >= 15 is 0 Å². The summed E-state index contributed by atoms with van der Waals surface area (Å²) in [4.78, 5) is 31.1. The average molecular weight is 434 g/mol. The van der Waals surface area contributed by atoms with E-state index in [1.807, 2.05) is 49.4 Å². The van der Waals surface area contributed by atoms with Crippen LogP contribution in [0.1, 0.15) is 43.2 Å². The van der Waals surface area contributed by atoms with Crippen LogP contribution in [0.5, 0.6) is 11.5 Å². The van der Waals surface area contributed by atoms with Gasteiger partial charge < -0.3 is 14.2 Å². The van der Waals surface area contributed by atoms with Crippen molar-refractivity contribution in [1.82, 2.24) is 0 Å². The van der Waals surface area contributed by atoms with Crippen LogP contribution in [0.2, 0.25) is 0 Å². The highest BCUT2D eigenvalue weighted by Crippen LogP contribution is 2.46. The number of esters is 1. The average Bonchev–Trinajstić information content (AvgIpc) is 2.82. The fourth-order valence-corrected chi connectivity index (χ4v) is 4.54. The molecule has 1 aliphatic carbocycles. The van der Waals surface area contributed by atoms with Crippen molar-refractivity contribution in [2.45, 2.75) is 38.7 Å². The maximum atomic E-state index is 13.4. The Bertz CT molecular complexity index is 1090. The quantitative estimate of drug-likeness (QED) is 0.621. The third-order valence-electron chi connectivity index (χ3n) is 6.09. The summed E-state index contributed by atoms with van der Waals surface area (Å²) in [6.45, 7) is 2.00. The Labute approximate surface area is 187 Å². The zero-order chi connectivity index (χ0) is 22.7. The van der Waals surface area contributed by atoms with Crippen LogP contribution in [0.15, 0.2) is 64.8 Å². The van der Waals surface area contributed by atoms with Gasteiger partial charge >= 0.3 is 5.97 Å². The summed E-state index contributed by atoms with van der Waals surface area (Å²) in [5.74, 6) is -0.385. The van der Waals surface area contributed by atoms with Gasteiger partial charge in [-0.1, -0.05) is 36.4 Å². The maximum Gasteiger partial charge on any atom is 0.315 e. The molecule has 0 aromatic heterocycles. The van der Waals surface area contributed by atoms with E-state index in [-0.39, 0.29) is 12.4 Å². The molecule has 6 nitrogen and oxygen atoms in total. The van der Waals surface area contributed by atoms with Crippen molar-refractivity contribution in [2.75, 3.05) is 14.2 Å². The van der Waals surface area contributed by atoms with Crippen molar-refractivity contribution in [2.24, 2.45) is 10.9 Å². The Morgan fingerprint density at radius 2 is 1.84 bits per heavy atom. The fraction of sp³-hybridized carbons (Fsp3) is 0.346. The van der Waals surface area contributed by atoms with Crippen molar-refractivity contribution < 1.29 is 23.8 Å². The molecule has 166 valence electrons. The number of ketones is 1. The van der Waals surface area contributed by atoms with Crippen molar-refractivity contribution in [3.63, 3.8) is 0 Å². The van der Waals surface area contributed by atoms with Crippen LogP contribution in [-0.4, -0.2) is 31.7 Å². The van der Waals surface area contributed by atoms with Gasteiger partial charge in [-0.2, -0.15) is 0 Å². The van der Waals surface area contributed by atoms with Crippen LogP contribution in [0.25, 0.3) is 0 Å². The van der Waals surface area contributed by atoms with E-state index in [4.69, 9.17) is 14.2 Å². The van der Waals surface area contributed by atoms with Crippen molar-refractivity contribution in [3.8, 4) is 11.5 Å². The van der Waals surface area contributed by atoms with Gasteiger partial charge in [0.05, 0.1) is 14.2 Å². The molecule has 0 saturated carbocycles. The van der Waals surface area contributed by atoms with Crippen molar-refractivity contribution >= 4 is 17.5 Å². The summed E-state index contributed by atoms with van der Waals surface area (Å²) in [5.41, 5.74) is 3.69. The molecule has 32 heavy (non-hydrogen) atoms. The Morgan fingerprint density at radius 1 is 1.06 bits per heavy atom. The first-order valence-corrected chi connectivity index (χ1v) is 10.8. The van der Waals surface area contributed by atoms with Crippen LogP contribution >= 0.6 is 0 Å². The monoisotopic (exact) mass is 433 g/mol. The molecule has 0 fully saturated rings. The second kappa shape index (κ2) is 9.39. The number of carbonyl (C=O) groups is 2. The van der Waals surface area contributed by atoms with Gasteiger partial charge in [0.2, 0.25) is 0 Å². The van der Waals surface area contributed by atoms with Crippen molar-refractivity contribution in [1.29, 1.82) is 0 Å². The van der Waals surface area contributed by atoms with Gasteiger partial charge in [-0.15, -0.1) is 0 Å². The lowest BCUT2D eigenvalue weighted by Gasteiger charge is -2.35. The van der Waals surface area contributed by atoms with Crippen LogP contribution in [-0.2, 0) is 20.9 Å². The van der Waals surface area contributed by atoms with E-state index in [1.54, 1.807) is 20.3 Å². The molecule has 1 aliphatic heterocycles. The Balaban J connectivity index is 1.76. The molecule has 2 atom stereocenters. The lowest BCUT2D eigenvalue weighted by atomic mass is 9.71. The summed E-state index contributed by atoms with van der Waals surface area (Å²) >= 11 is 0. The molecule has 0 amide bonds. The normalized spacial score (nSPS) is 20.3. The van der Waals surface area contributed by atoms with Crippen LogP contribution in [0, 0.1) is 5.92 Å². The van der Waals surface area contributed by atoms with Crippen LogP contribution in [0.3, 0.4) is 0 Å². The number of hydrogen-bond acceptors (Lipinski definition) is 6. The largest absolute Gasteiger partial charge is 0.497 e. The Morgan fingerprint density at radius 3 is 2.56 bits per heavy atom. The standard InChI is InChI=1S/C26H27NO5/c1-16-23(26(29)32-15-17-8-5-4-6-9-17)24(25-20(27-16)10-7-11-21(25)28)19-13-12-18(30-2)14-22(19)31-3/h4-6,8-9,12-14,23-24H,7,10-11,15H2,1-3H3/t23?,24-/m1/s1. The van der Waals surface area contributed by atoms with Gasteiger partial charge in [0.1, 0.15) is 24.0 Å². The first kappa shape index (κ1) is 21.8. The zero-order valence-electron chi connectivity index (χ0n) is 18.6. The van der Waals surface area contributed by atoms with Gasteiger partial charge in [0.15, 0.2) is 5.78 Å². The summed E-state index contributed by atoms with van der Waals surface area (Å²) < 4.78 is 16.7. The minimum atomic E-state index is -0.707. The molecular weight excluding hydrogens is 406 g/mol. The number of Topliss-reactive ketones (excluding diaryl/α,β-unsaturated/α-hetero) is 1. The highest BCUT2D eigenvalue weighted by molar-refractivity contribution is 6.09. The lowest BCUT2D eigenvalue weighted by molar-refractivity contribution is -0.148. The molecule has 0 spiro atoms. The van der Waals surface area contributed by atoms with Gasteiger partial charge in [0.25, 0.3) is 0 Å². The van der Waals surface area contributed by atoms with E-state index < -0.39 is 17.8 Å². The highest BCUT2D eigenvalue weighted by Gasteiger charge is 2.44. The van der Waals surface area contributed by atoms with E-state index in [0.29, 0.717) is 29.2 Å². The number of carbonyl (C=O) groups excluding carboxylic acids is 2. The molecule has 0 N–H and O–H groups in total.